The minimum atomic E-state index is 0. The summed E-state index contributed by atoms with van der Waals surface area (Å²) >= 11 is 5.91. The fraction of sp³-hybridized carbons (Fsp3) is 0.529. The molecule has 5 nitrogen and oxygen atoms in total. The Morgan fingerprint density at radius 2 is 2.00 bits per heavy atom. The maximum Gasteiger partial charge on any atom is 0.220 e. The van der Waals surface area contributed by atoms with Gasteiger partial charge in [0.15, 0.2) is 5.96 Å². The zero-order chi connectivity index (χ0) is 16.7. The third-order valence-electron chi connectivity index (χ3n) is 3.76. The fourth-order valence-corrected chi connectivity index (χ4v) is 2.34. The third kappa shape index (κ3) is 7.70. The highest BCUT2D eigenvalue weighted by molar-refractivity contribution is 14.0. The second kappa shape index (κ2) is 10.8. The van der Waals surface area contributed by atoms with Crippen molar-refractivity contribution < 1.29 is 4.79 Å². The number of amides is 1. The Hall–Kier alpha value is -1.02. The Morgan fingerprint density at radius 3 is 2.58 bits per heavy atom. The van der Waals surface area contributed by atoms with Gasteiger partial charge in [-0.3, -0.25) is 9.79 Å². The number of halogens is 2. The first-order chi connectivity index (χ1) is 11.1. The van der Waals surface area contributed by atoms with E-state index >= 15 is 0 Å². The van der Waals surface area contributed by atoms with Crippen LogP contribution in [0.25, 0.3) is 0 Å². The van der Waals surface area contributed by atoms with Gasteiger partial charge in [-0.15, -0.1) is 24.0 Å². The molecule has 1 atom stereocenters. The van der Waals surface area contributed by atoms with E-state index in [0.717, 1.165) is 35.8 Å². The van der Waals surface area contributed by atoms with Crippen LogP contribution in [0.4, 0.5) is 0 Å². The molecule has 134 valence electrons. The summed E-state index contributed by atoms with van der Waals surface area (Å²) in [5, 5.41) is 10.3. The molecule has 0 heterocycles. The highest BCUT2D eigenvalue weighted by Crippen LogP contribution is 2.18. The molecule has 0 bridgehead atoms. The molecular weight excluding hydrogens is 439 g/mol. The van der Waals surface area contributed by atoms with Gasteiger partial charge in [0.05, 0.1) is 6.04 Å². The molecule has 7 heteroatoms. The van der Waals surface area contributed by atoms with Crippen molar-refractivity contribution >= 4 is 47.4 Å². The number of hydrogen-bond acceptors (Lipinski definition) is 2. The molecule has 2 rings (SSSR count). The van der Waals surface area contributed by atoms with Crippen molar-refractivity contribution in [2.45, 2.75) is 44.7 Å². The third-order valence-corrected chi connectivity index (χ3v) is 4.01. The lowest BCUT2D eigenvalue weighted by Crippen LogP contribution is -2.39. The summed E-state index contributed by atoms with van der Waals surface area (Å²) in [5.41, 5.74) is 1.14. The van der Waals surface area contributed by atoms with Gasteiger partial charge in [0.25, 0.3) is 0 Å². The van der Waals surface area contributed by atoms with Crippen LogP contribution in [0.2, 0.25) is 5.02 Å². The number of nitrogens with one attached hydrogen (secondary N) is 3. The molecule has 1 unspecified atom stereocenters. The largest absolute Gasteiger partial charge is 0.356 e. The molecule has 0 aromatic heterocycles. The maximum atomic E-state index is 11.6. The number of carbonyl (C=O) groups excluding carboxylic acids is 1. The smallest absolute Gasteiger partial charge is 0.220 e. The lowest BCUT2D eigenvalue weighted by atomic mass is 10.1. The minimum absolute atomic E-state index is 0. The first kappa shape index (κ1) is 21.0. The summed E-state index contributed by atoms with van der Waals surface area (Å²) in [7, 11) is 1.74. The standard InChI is InChI=1S/C17H25ClN4O.HI/c1-12(13-5-7-14(18)8-6-13)21-17(19-2)20-11-3-4-16(23)22-15-9-10-15;/h5-8,12,15H,3-4,9-11H2,1-2H3,(H,22,23)(H2,19,20,21);1H. The van der Waals surface area contributed by atoms with Gasteiger partial charge in [0, 0.05) is 31.1 Å². The summed E-state index contributed by atoms with van der Waals surface area (Å²) in [6.07, 6.45) is 3.59. The van der Waals surface area contributed by atoms with E-state index in [1.807, 2.05) is 24.3 Å². The molecule has 1 aliphatic rings. The monoisotopic (exact) mass is 464 g/mol. The molecule has 0 saturated heterocycles. The molecular formula is C17H26ClIN4O. The van der Waals surface area contributed by atoms with E-state index in [2.05, 4.69) is 27.9 Å². The van der Waals surface area contributed by atoms with Gasteiger partial charge in [0.1, 0.15) is 0 Å². The second-order valence-corrected chi connectivity index (χ2v) is 6.30. The number of aliphatic imine (C=N–C) groups is 1. The maximum absolute atomic E-state index is 11.6. The van der Waals surface area contributed by atoms with Crippen molar-refractivity contribution in [3.05, 3.63) is 34.9 Å². The topological polar surface area (TPSA) is 65.5 Å². The molecule has 0 radical (unpaired) electrons. The molecule has 1 aromatic rings. The number of rotatable bonds is 7. The van der Waals surface area contributed by atoms with Crippen molar-refractivity contribution in [1.29, 1.82) is 0 Å². The Morgan fingerprint density at radius 1 is 1.33 bits per heavy atom. The van der Waals surface area contributed by atoms with Gasteiger partial charge in [-0.1, -0.05) is 23.7 Å². The molecule has 1 aliphatic carbocycles. The van der Waals surface area contributed by atoms with E-state index in [4.69, 9.17) is 11.6 Å². The molecule has 1 fully saturated rings. The summed E-state index contributed by atoms with van der Waals surface area (Å²) in [5.74, 6) is 0.877. The average Bonchev–Trinajstić information content (AvgIpc) is 3.34. The molecule has 24 heavy (non-hydrogen) atoms. The van der Waals surface area contributed by atoms with E-state index in [0.29, 0.717) is 19.0 Å². The number of guanidine groups is 1. The zero-order valence-corrected chi connectivity index (χ0v) is 17.2. The van der Waals surface area contributed by atoms with Gasteiger partial charge in [-0.2, -0.15) is 0 Å². The Kier molecular flexibility index (Phi) is 9.43. The van der Waals surface area contributed by atoms with Crippen LogP contribution >= 0.6 is 35.6 Å². The summed E-state index contributed by atoms with van der Waals surface area (Å²) in [6, 6.07) is 8.31. The quantitative estimate of drug-likeness (QED) is 0.251. The highest BCUT2D eigenvalue weighted by Gasteiger charge is 2.22. The zero-order valence-electron chi connectivity index (χ0n) is 14.1. The Bertz CT molecular complexity index is 546. The first-order valence-corrected chi connectivity index (χ1v) is 8.48. The van der Waals surface area contributed by atoms with Gasteiger partial charge in [0.2, 0.25) is 5.91 Å². The van der Waals surface area contributed by atoms with Crippen molar-refractivity contribution in [3.8, 4) is 0 Å². The lowest BCUT2D eigenvalue weighted by molar-refractivity contribution is -0.121. The van der Waals surface area contributed by atoms with E-state index in [9.17, 15) is 4.79 Å². The van der Waals surface area contributed by atoms with Crippen molar-refractivity contribution in [2.24, 2.45) is 4.99 Å². The van der Waals surface area contributed by atoms with Crippen LogP contribution in [0.5, 0.6) is 0 Å². The van der Waals surface area contributed by atoms with Gasteiger partial charge in [-0.05, 0) is 43.9 Å². The lowest BCUT2D eigenvalue weighted by Gasteiger charge is -2.18. The van der Waals surface area contributed by atoms with Crippen molar-refractivity contribution in [2.75, 3.05) is 13.6 Å². The number of hydrogen-bond donors (Lipinski definition) is 3. The van der Waals surface area contributed by atoms with Crippen LogP contribution in [0.1, 0.15) is 44.2 Å². The van der Waals surface area contributed by atoms with Crippen LogP contribution in [-0.4, -0.2) is 31.5 Å². The number of carbonyl (C=O) groups is 1. The molecule has 3 N–H and O–H groups in total. The molecule has 1 amide bonds. The second-order valence-electron chi connectivity index (χ2n) is 5.86. The first-order valence-electron chi connectivity index (χ1n) is 8.10. The number of nitrogens with zero attached hydrogens (tertiary/aromatic N) is 1. The molecule has 0 spiro atoms. The summed E-state index contributed by atoms with van der Waals surface area (Å²) in [6.45, 7) is 2.78. The van der Waals surface area contributed by atoms with Crippen molar-refractivity contribution in [1.82, 2.24) is 16.0 Å². The van der Waals surface area contributed by atoms with Gasteiger partial charge in [-0.25, -0.2) is 0 Å². The number of benzene rings is 1. The van der Waals surface area contributed by atoms with Crippen molar-refractivity contribution in [3.63, 3.8) is 0 Å². The highest BCUT2D eigenvalue weighted by atomic mass is 127. The van der Waals surface area contributed by atoms with E-state index in [1.165, 1.54) is 0 Å². The Labute approximate surface area is 166 Å². The van der Waals surface area contributed by atoms with Crippen LogP contribution in [0, 0.1) is 0 Å². The van der Waals surface area contributed by atoms with Crippen LogP contribution in [0.15, 0.2) is 29.3 Å². The molecule has 1 aromatic carbocycles. The van der Waals surface area contributed by atoms with Crippen LogP contribution in [-0.2, 0) is 4.79 Å². The van der Waals surface area contributed by atoms with E-state index < -0.39 is 0 Å². The summed E-state index contributed by atoms with van der Waals surface area (Å²) in [4.78, 5) is 15.8. The molecule has 1 saturated carbocycles. The predicted molar refractivity (Wildman–Crippen MR) is 110 cm³/mol. The molecule has 0 aliphatic heterocycles. The fourth-order valence-electron chi connectivity index (χ4n) is 2.22. The SMILES string of the molecule is CN=C(NCCCC(=O)NC1CC1)NC(C)c1ccc(Cl)cc1.I. The van der Waals surface area contributed by atoms with E-state index in [1.54, 1.807) is 7.05 Å². The summed E-state index contributed by atoms with van der Waals surface area (Å²) < 4.78 is 0. The predicted octanol–water partition coefficient (Wildman–Crippen LogP) is 3.24. The van der Waals surface area contributed by atoms with E-state index in [-0.39, 0.29) is 35.9 Å². The van der Waals surface area contributed by atoms with Gasteiger partial charge >= 0.3 is 0 Å². The van der Waals surface area contributed by atoms with Crippen LogP contribution < -0.4 is 16.0 Å². The van der Waals surface area contributed by atoms with Gasteiger partial charge < -0.3 is 16.0 Å². The minimum Gasteiger partial charge on any atom is -0.356 e. The van der Waals surface area contributed by atoms with Crippen LogP contribution in [0.3, 0.4) is 0 Å². The normalized spacial score (nSPS) is 15.2. The average molecular weight is 465 g/mol. The Balaban J connectivity index is 0.00000288.